The van der Waals surface area contributed by atoms with E-state index in [9.17, 15) is 0 Å². The molecule has 0 fully saturated rings. The maximum atomic E-state index is 2.54. The van der Waals surface area contributed by atoms with Gasteiger partial charge in [-0.2, -0.15) is 0 Å². The summed E-state index contributed by atoms with van der Waals surface area (Å²) in [5.74, 6) is 0. The summed E-state index contributed by atoms with van der Waals surface area (Å²) in [5, 5.41) is 12.9. The minimum absolute atomic E-state index is 1.17. The predicted octanol–water partition coefficient (Wildman–Crippen LogP) is 13.7. The van der Waals surface area contributed by atoms with Crippen LogP contribution in [0.2, 0.25) is 0 Å². The van der Waals surface area contributed by atoms with Crippen molar-refractivity contribution in [2.75, 3.05) is 0 Å². The van der Waals surface area contributed by atoms with Gasteiger partial charge in [-0.25, -0.2) is 0 Å². The SMILES string of the molecule is Cc1cc(C)c2ccc3c4ccc5ccccc5c4n(-c4ccc(-c5c6ccccc6c(-c6ccccc6)c6ccccc56)cc4)c3c2c1C. The Balaban J connectivity index is 1.29. The Hall–Kier alpha value is -6.18. The predicted molar refractivity (Wildman–Crippen MR) is 216 cm³/mol. The highest BCUT2D eigenvalue weighted by Gasteiger charge is 2.21. The number of hydrogen-bond acceptors (Lipinski definition) is 0. The molecule has 0 unspecified atom stereocenters. The molecular formula is C49H35N. The smallest absolute Gasteiger partial charge is 0.0622 e. The van der Waals surface area contributed by atoms with Gasteiger partial charge in [0.05, 0.1) is 11.0 Å². The quantitative estimate of drug-likeness (QED) is 0.170. The van der Waals surface area contributed by atoms with Gasteiger partial charge in [-0.3, -0.25) is 0 Å². The summed E-state index contributed by atoms with van der Waals surface area (Å²) < 4.78 is 2.54. The molecule has 236 valence electrons. The van der Waals surface area contributed by atoms with Crippen LogP contribution in [-0.4, -0.2) is 4.57 Å². The zero-order valence-electron chi connectivity index (χ0n) is 28.5. The molecule has 0 saturated carbocycles. The summed E-state index contributed by atoms with van der Waals surface area (Å²) in [6, 6.07) is 58.4. The topological polar surface area (TPSA) is 4.93 Å². The number of aryl methyl sites for hydroxylation is 3. The lowest BCUT2D eigenvalue weighted by Crippen LogP contribution is -1.98. The molecule has 50 heavy (non-hydrogen) atoms. The first-order valence-electron chi connectivity index (χ1n) is 17.5. The zero-order valence-corrected chi connectivity index (χ0v) is 28.5. The standard InChI is InChI=1S/C49H35N/c1-30-29-31(2)37-27-28-44-43-26-23-33-13-7-8-16-38(33)48(43)50(49(44)45(37)32(30)3)36-24-21-35(22-25-36)47-41-19-11-9-17-39(41)46(34-14-5-4-6-15-34)40-18-10-12-20-42(40)47/h4-29H,1-3H3. The van der Waals surface area contributed by atoms with E-state index in [0.29, 0.717) is 0 Å². The second-order valence-corrected chi connectivity index (χ2v) is 13.8. The first kappa shape index (κ1) is 28.8. The molecule has 0 aliphatic heterocycles. The Morgan fingerprint density at radius 3 is 1.50 bits per heavy atom. The van der Waals surface area contributed by atoms with Crippen molar-refractivity contribution in [2.45, 2.75) is 20.8 Å². The average molecular weight is 638 g/mol. The molecule has 1 heteroatoms. The number of fused-ring (bicyclic) bond motifs is 9. The number of aromatic nitrogens is 1. The van der Waals surface area contributed by atoms with Crippen molar-refractivity contribution >= 4 is 64.9 Å². The lowest BCUT2D eigenvalue weighted by atomic mass is 9.86. The van der Waals surface area contributed by atoms with E-state index in [1.54, 1.807) is 0 Å². The van der Waals surface area contributed by atoms with Crippen LogP contribution in [0.5, 0.6) is 0 Å². The van der Waals surface area contributed by atoms with Crippen LogP contribution in [0, 0.1) is 20.8 Å². The van der Waals surface area contributed by atoms with Crippen LogP contribution in [0.4, 0.5) is 0 Å². The van der Waals surface area contributed by atoms with Crippen molar-refractivity contribution in [2.24, 2.45) is 0 Å². The molecule has 0 saturated heterocycles. The van der Waals surface area contributed by atoms with Gasteiger partial charge in [0, 0.05) is 27.2 Å². The Labute approximate surface area is 291 Å². The van der Waals surface area contributed by atoms with Gasteiger partial charge in [0.2, 0.25) is 0 Å². The largest absolute Gasteiger partial charge is 0.308 e. The zero-order chi connectivity index (χ0) is 33.5. The van der Waals surface area contributed by atoms with Crippen LogP contribution in [0.25, 0.3) is 92.8 Å². The van der Waals surface area contributed by atoms with Gasteiger partial charge in [-0.05, 0) is 104 Å². The first-order chi connectivity index (χ1) is 24.6. The van der Waals surface area contributed by atoms with E-state index in [2.05, 4.69) is 183 Å². The van der Waals surface area contributed by atoms with Gasteiger partial charge >= 0.3 is 0 Å². The summed E-state index contributed by atoms with van der Waals surface area (Å²) in [7, 11) is 0. The van der Waals surface area contributed by atoms with E-state index >= 15 is 0 Å². The Morgan fingerprint density at radius 2 is 0.860 bits per heavy atom. The summed E-state index contributed by atoms with van der Waals surface area (Å²) >= 11 is 0. The fourth-order valence-corrected chi connectivity index (χ4v) is 8.67. The minimum Gasteiger partial charge on any atom is -0.308 e. The maximum Gasteiger partial charge on any atom is 0.0622 e. The van der Waals surface area contributed by atoms with E-state index in [-0.39, 0.29) is 0 Å². The lowest BCUT2D eigenvalue weighted by molar-refractivity contribution is 1.19. The summed E-state index contributed by atoms with van der Waals surface area (Å²) in [5.41, 5.74) is 12.8. The minimum atomic E-state index is 1.17. The van der Waals surface area contributed by atoms with Crippen molar-refractivity contribution < 1.29 is 0 Å². The van der Waals surface area contributed by atoms with E-state index < -0.39 is 0 Å². The Morgan fingerprint density at radius 1 is 0.360 bits per heavy atom. The molecule has 0 aliphatic carbocycles. The van der Waals surface area contributed by atoms with Crippen LogP contribution in [0.15, 0.2) is 158 Å². The van der Waals surface area contributed by atoms with Crippen LogP contribution >= 0.6 is 0 Å². The molecule has 0 radical (unpaired) electrons. The summed E-state index contributed by atoms with van der Waals surface area (Å²) in [6.07, 6.45) is 0. The Kier molecular flexibility index (Phi) is 6.29. The normalized spacial score (nSPS) is 11.9. The molecule has 0 atom stereocenters. The number of rotatable bonds is 3. The van der Waals surface area contributed by atoms with Crippen molar-refractivity contribution in [1.82, 2.24) is 4.57 Å². The lowest BCUT2D eigenvalue weighted by Gasteiger charge is -2.18. The van der Waals surface area contributed by atoms with Crippen molar-refractivity contribution in [3.05, 3.63) is 174 Å². The van der Waals surface area contributed by atoms with Gasteiger partial charge in [0.1, 0.15) is 0 Å². The fourth-order valence-electron chi connectivity index (χ4n) is 8.67. The third-order valence-electron chi connectivity index (χ3n) is 11.0. The van der Waals surface area contributed by atoms with E-state index in [1.807, 2.05) is 0 Å². The van der Waals surface area contributed by atoms with E-state index in [4.69, 9.17) is 0 Å². The number of nitrogens with zero attached hydrogens (tertiary/aromatic N) is 1. The maximum absolute atomic E-state index is 2.54. The molecule has 1 heterocycles. The molecule has 0 aliphatic rings. The van der Waals surface area contributed by atoms with Gasteiger partial charge in [-0.1, -0.05) is 146 Å². The summed E-state index contributed by atoms with van der Waals surface area (Å²) in [4.78, 5) is 0. The molecule has 10 rings (SSSR count). The molecule has 0 amide bonds. The van der Waals surface area contributed by atoms with Crippen LogP contribution < -0.4 is 0 Å². The van der Waals surface area contributed by atoms with E-state index in [0.717, 1.165) is 0 Å². The molecule has 1 aromatic heterocycles. The highest BCUT2D eigenvalue weighted by atomic mass is 15.0. The molecule has 0 bridgehead atoms. The molecule has 1 nitrogen and oxygen atoms in total. The van der Waals surface area contributed by atoms with Crippen molar-refractivity contribution in [3.8, 4) is 27.9 Å². The van der Waals surface area contributed by atoms with Crippen LogP contribution in [0.1, 0.15) is 16.7 Å². The third kappa shape index (κ3) is 4.07. The molecular weight excluding hydrogens is 603 g/mol. The molecule has 0 N–H and O–H groups in total. The second-order valence-electron chi connectivity index (χ2n) is 13.8. The molecule has 9 aromatic carbocycles. The van der Waals surface area contributed by atoms with Gasteiger partial charge in [-0.15, -0.1) is 0 Å². The first-order valence-corrected chi connectivity index (χ1v) is 17.5. The monoisotopic (exact) mass is 637 g/mol. The fraction of sp³-hybridized carbons (Fsp3) is 0.0612. The van der Waals surface area contributed by atoms with Crippen LogP contribution in [-0.2, 0) is 0 Å². The Bertz CT molecular complexity index is 2920. The highest BCUT2D eigenvalue weighted by Crippen LogP contribution is 2.45. The molecule has 0 spiro atoms. The van der Waals surface area contributed by atoms with E-state index in [1.165, 1.54) is 110 Å². The van der Waals surface area contributed by atoms with Crippen molar-refractivity contribution in [3.63, 3.8) is 0 Å². The second kappa shape index (κ2) is 10.9. The van der Waals surface area contributed by atoms with Gasteiger partial charge in [0.15, 0.2) is 0 Å². The van der Waals surface area contributed by atoms with Gasteiger partial charge < -0.3 is 4.57 Å². The highest BCUT2D eigenvalue weighted by molar-refractivity contribution is 6.25. The van der Waals surface area contributed by atoms with Gasteiger partial charge in [0.25, 0.3) is 0 Å². The average Bonchev–Trinajstić information content (AvgIpc) is 3.51. The molecule has 10 aromatic rings. The number of benzene rings is 9. The third-order valence-corrected chi connectivity index (χ3v) is 11.0. The summed E-state index contributed by atoms with van der Waals surface area (Å²) in [6.45, 7) is 6.78. The number of hydrogen-bond donors (Lipinski definition) is 0. The van der Waals surface area contributed by atoms with Crippen molar-refractivity contribution in [1.29, 1.82) is 0 Å². The van der Waals surface area contributed by atoms with Crippen LogP contribution in [0.3, 0.4) is 0 Å².